The summed E-state index contributed by atoms with van der Waals surface area (Å²) in [5, 5.41) is 11.4. The number of aromatic nitrogens is 2. The zero-order valence-corrected chi connectivity index (χ0v) is 22.0. The summed E-state index contributed by atoms with van der Waals surface area (Å²) in [4.78, 5) is 28.9. The number of carbonyl (C=O) groups excluding carboxylic acids is 1. The van der Waals surface area contributed by atoms with Crippen LogP contribution in [0.5, 0.6) is 0 Å². The van der Waals surface area contributed by atoms with Crippen LogP contribution in [0.15, 0.2) is 55.1 Å². The quantitative estimate of drug-likeness (QED) is 0.314. The predicted molar refractivity (Wildman–Crippen MR) is 151 cm³/mol. The van der Waals surface area contributed by atoms with Crippen LogP contribution in [0.25, 0.3) is 11.1 Å². The molecule has 4 heterocycles. The van der Waals surface area contributed by atoms with Gasteiger partial charge in [-0.3, -0.25) is 30.0 Å². The van der Waals surface area contributed by atoms with Crippen molar-refractivity contribution in [3.05, 3.63) is 71.8 Å². The first-order valence-corrected chi connectivity index (χ1v) is 13.3. The second kappa shape index (κ2) is 11.8. The molecule has 0 atom stereocenters. The Kier molecular flexibility index (Phi) is 8.07. The Bertz CT molecular complexity index is 1300. The minimum Gasteiger partial charge on any atom is -0.398 e. The van der Waals surface area contributed by atoms with Crippen molar-refractivity contribution in [3.63, 3.8) is 0 Å². The van der Waals surface area contributed by atoms with Crippen LogP contribution in [-0.4, -0.2) is 82.6 Å². The van der Waals surface area contributed by atoms with E-state index in [1.165, 1.54) is 12.8 Å². The van der Waals surface area contributed by atoms with Crippen molar-refractivity contribution in [3.8, 4) is 11.1 Å². The summed E-state index contributed by atoms with van der Waals surface area (Å²) in [6.07, 6.45) is 9.64. The number of carbonyl (C=O) groups is 1. The average molecular weight is 513 g/mol. The van der Waals surface area contributed by atoms with E-state index < -0.39 is 5.91 Å². The van der Waals surface area contributed by atoms with Gasteiger partial charge in [-0.2, -0.15) is 0 Å². The van der Waals surface area contributed by atoms with E-state index in [0.29, 0.717) is 16.9 Å². The molecule has 1 aromatic carbocycles. The van der Waals surface area contributed by atoms with Gasteiger partial charge in [-0.25, -0.2) is 0 Å². The van der Waals surface area contributed by atoms with Crippen LogP contribution in [-0.2, 0) is 17.9 Å². The maximum Gasteiger partial charge on any atom is 0.274 e. The van der Waals surface area contributed by atoms with Crippen molar-refractivity contribution in [1.29, 1.82) is 5.41 Å². The molecule has 5 rings (SSSR count). The lowest BCUT2D eigenvalue weighted by molar-refractivity contribution is -0.110. The normalized spacial score (nSPS) is 17.0. The fourth-order valence-corrected chi connectivity index (χ4v) is 5.11. The maximum atomic E-state index is 13.0. The molecule has 2 aliphatic rings. The maximum absolute atomic E-state index is 13.0. The molecule has 198 valence electrons. The van der Waals surface area contributed by atoms with Crippen molar-refractivity contribution >= 4 is 23.0 Å². The number of amides is 1. The first-order chi connectivity index (χ1) is 18.4. The molecule has 2 aromatic heterocycles. The smallest absolute Gasteiger partial charge is 0.274 e. The lowest BCUT2D eigenvalue weighted by atomic mass is 9.99. The predicted octanol–water partition coefficient (Wildman–Crippen LogP) is 3.08. The number of piperazine rings is 1. The lowest BCUT2D eigenvalue weighted by Gasteiger charge is -2.32. The van der Waals surface area contributed by atoms with Gasteiger partial charge in [-0.05, 0) is 73.9 Å². The highest BCUT2D eigenvalue weighted by molar-refractivity contribution is 6.48. The van der Waals surface area contributed by atoms with Gasteiger partial charge in [-0.1, -0.05) is 6.07 Å². The molecule has 2 saturated heterocycles. The van der Waals surface area contributed by atoms with Gasteiger partial charge in [0.2, 0.25) is 0 Å². The molecule has 4 N–H and O–H groups in total. The molecule has 0 bridgehead atoms. The number of pyridine rings is 2. The van der Waals surface area contributed by atoms with E-state index in [1.807, 2.05) is 30.7 Å². The van der Waals surface area contributed by atoms with Gasteiger partial charge in [0.05, 0.1) is 11.9 Å². The molecule has 9 nitrogen and oxygen atoms in total. The van der Waals surface area contributed by atoms with Gasteiger partial charge < -0.3 is 16.0 Å². The molecular formula is C29H36N8O. The molecule has 1 amide bonds. The first kappa shape index (κ1) is 26.0. The van der Waals surface area contributed by atoms with Crippen LogP contribution in [0.4, 0.5) is 11.4 Å². The fourth-order valence-electron chi connectivity index (χ4n) is 5.11. The van der Waals surface area contributed by atoms with E-state index in [1.54, 1.807) is 18.3 Å². The molecule has 2 fully saturated rings. The second-order valence-corrected chi connectivity index (χ2v) is 10.4. The topological polar surface area (TPSA) is 114 Å². The molecule has 0 saturated carbocycles. The van der Waals surface area contributed by atoms with Crippen LogP contribution in [0, 0.1) is 5.41 Å². The molecule has 0 aliphatic carbocycles. The van der Waals surface area contributed by atoms with E-state index in [0.717, 1.165) is 74.6 Å². The number of rotatable bonds is 8. The van der Waals surface area contributed by atoms with Crippen LogP contribution in [0.2, 0.25) is 0 Å². The number of benzene rings is 1. The lowest BCUT2D eigenvalue weighted by Crippen LogP contribution is -2.43. The molecule has 2 aliphatic heterocycles. The van der Waals surface area contributed by atoms with E-state index >= 15 is 0 Å². The van der Waals surface area contributed by atoms with Crippen LogP contribution >= 0.6 is 0 Å². The van der Waals surface area contributed by atoms with Crippen molar-refractivity contribution in [2.45, 2.75) is 25.9 Å². The number of hydrogen-bond donors (Lipinski definition) is 3. The van der Waals surface area contributed by atoms with Crippen molar-refractivity contribution in [2.24, 2.45) is 0 Å². The van der Waals surface area contributed by atoms with Crippen molar-refractivity contribution in [2.75, 3.05) is 57.4 Å². The zero-order chi connectivity index (χ0) is 26.5. The monoisotopic (exact) mass is 512 g/mol. The van der Waals surface area contributed by atoms with Crippen LogP contribution in [0.1, 0.15) is 29.5 Å². The van der Waals surface area contributed by atoms with E-state index in [-0.39, 0.29) is 5.71 Å². The minimum absolute atomic E-state index is 0.185. The van der Waals surface area contributed by atoms with Gasteiger partial charge in [-0.15, -0.1) is 0 Å². The standard InChI is InChI=1S/C29H36N8O/c1-35-8-10-37(11-9-35)20-22-13-25(18-33-16-22)34-29(38)28(31)26-14-23(4-5-27(26)30)24-12-21(15-32-17-24)19-36-6-2-3-7-36/h4-5,12-18,31H,2-3,6-11,19-20,30H2,1H3,(H,34,38). The third-order valence-electron chi connectivity index (χ3n) is 7.34. The Labute approximate surface area is 224 Å². The third kappa shape index (κ3) is 6.42. The molecular weight excluding hydrogens is 476 g/mol. The second-order valence-electron chi connectivity index (χ2n) is 10.4. The Morgan fingerprint density at radius 2 is 1.53 bits per heavy atom. The Balaban J connectivity index is 1.27. The van der Waals surface area contributed by atoms with Crippen molar-refractivity contribution in [1.82, 2.24) is 24.7 Å². The van der Waals surface area contributed by atoms with Gasteiger partial charge in [0, 0.05) is 74.7 Å². The molecule has 0 radical (unpaired) electrons. The van der Waals surface area contributed by atoms with E-state index in [9.17, 15) is 4.79 Å². The number of anilines is 2. The zero-order valence-electron chi connectivity index (χ0n) is 22.0. The number of likely N-dealkylation sites (N-methyl/N-ethyl adjacent to an activating group) is 1. The van der Waals surface area contributed by atoms with E-state index in [2.05, 4.69) is 43.1 Å². The van der Waals surface area contributed by atoms with Gasteiger partial charge >= 0.3 is 0 Å². The van der Waals surface area contributed by atoms with Crippen LogP contribution < -0.4 is 11.1 Å². The summed E-state index contributed by atoms with van der Waals surface area (Å²) in [6.45, 7) is 7.99. The fraction of sp³-hybridized carbons (Fsp3) is 0.379. The summed E-state index contributed by atoms with van der Waals surface area (Å²) in [7, 11) is 2.13. The van der Waals surface area contributed by atoms with Crippen molar-refractivity contribution < 1.29 is 4.79 Å². The number of hydrogen-bond acceptors (Lipinski definition) is 8. The summed E-state index contributed by atoms with van der Waals surface area (Å²) in [6, 6.07) is 9.51. The van der Waals surface area contributed by atoms with Gasteiger partial charge in [0.25, 0.3) is 5.91 Å². The van der Waals surface area contributed by atoms with Crippen LogP contribution in [0.3, 0.4) is 0 Å². The highest BCUT2D eigenvalue weighted by atomic mass is 16.1. The Hall–Kier alpha value is -3.66. The highest BCUT2D eigenvalue weighted by Gasteiger charge is 2.18. The summed E-state index contributed by atoms with van der Waals surface area (Å²) in [5.41, 5.74) is 11.4. The Morgan fingerprint density at radius 3 is 2.26 bits per heavy atom. The number of likely N-dealkylation sites (tertiary alicyclic amines) is 1. The highest BCUT2D eigenvalue weighted by Crippen LogP contribution is 2.26. The number of nitrogens with two attached hydrogens (primary N) is 1. The average Bonchev–Trinajstić information content (AvgIpc) is 3.43. The summed E-state index contributed by atoms with van der Waals surface area (Å²) in [5.74, 6) is -0.520. The third-order valence-corrected chi connectivity index (χ3v) is 7.34. The largest absolute Gasteiger partial charge is 0.398 e. The number of nitrogen functional groups attached to an aromatic ring is 1. The summed E-state index contributed by atoms with van der Waals surface area (Å²) < 4.78 is 0. The molecule has 3 aromatic rings. The SMILES string of the molecule is CN1CCN(Cc2cncc(NC(=O)C(=N)c3cc(-c4cncc(CN5CCCC5)c4)ccc3N)c2)CC1. The summed E-state index contributed by atoms with van der Waals surface area (Å²) >= 11 is 0. The molecule has 0 spiro atoms. The van der Waals surface area contributed by atoms with Gasteiger partial charge in [0.15, 0.2) is 0 Å². The molecule has 9 heteroatoms. The first-order valence-electron chi connectivity index (χ1n) is 13.3. The minimum atomic E-state index is -0.520. The number of nitrogens with zero attached hydrogens (tertiary/aromatic N) is 5. The Morgan fingerprint density at radius 1 is 0.868 bits per heavy atom. The molecule has 38 heavy (non-hydrogen) atoms. The van der Waals surface area contributed by atoms with E-state index in [4.69, 9.17) is 11.1 Å². The molecule has 0 unspecified atom stereocenters. The van der Waals surface area contributed by atoms with Gasteiger partial charge in [0.1, 0.15) is 5.71 Å². The number of nitrogens with one attached hydrogen (secondary N) is 2.